The molecule has 1 fully saturated rings. The monoisotopic (exact) mass is 371 g/mol. The van der Waals surface area contributed by atoms with Crippen LogP contribution in [-0.4, -0.2) is 54.0 Å². The van der Waals surface area contributed by atoms with E-state index in [1.165, 1.54) is 12.1 Å². The number of halogens is 1. The van der Waals surface area contributed by atoms with Crippen LogP contribution in [0.3, 0.4) is 0 Å². The van der Waals surface area contributed by atoms with Crippen LogP contribution in [0.25, 0.3) is 0 Å². The van der Waals surface area contributed by atoms with Crippen molar-refractivity contribution in [3.05, 3.63) is 54.5 Å². The van der Waals surface area contributed by atoms with Crippen molar-refractivity contribution in [3.8, 4) is 0 Å². The Morgan fingerprint density at radius 3 is 2.44 bits per heavy atom. The normalized spacial score (nSPS) is 15.2. The van der Waals surface area contributed by atoms with Gasteiger partial charge in [0.15, 0.2) is 0 Å². The van der Waals surface area contributed by atoms with E-state index in [2.05, 4.69) is 20.5 Å². The number of para-hydroxylation sites is 1. The molecule has 1 atom stereocenters. The van der Waals surface area contributed by atoms with Crippen LogP contribution >= 0.6 is 0 Å². The predicted octanol–water partition coefficient (Wildman–Crippen LogP) is 2.08. The molecule has 1 aromatic heterocycles. The molecule has 1 saturated heterocycles. The van der Waals surface area contributed by atoms with Crippen LogP contribution in [0, 0.1) is 5.82 Å². The lowest BCUT2D eigenvalue weighted by Crippen LogP contribution is -2.54. The van der Waals surface area contributed by atoms with E-state index < -0.39 is 17.8 Å². The van der Waals surface area contributed by atoms with Crippen LogP contribution in [0.2, 0.25) is 0 Å². The molecular weight excluding hydrogens is 349 g/mol. The number of hydrogen-bond acceptors (Lipinski definition) is 4. The van der Waals surface area contributed by atoms with Gasteiger partial charge in [-0.1, -0.05) is 18.2 Å². The number of carbonyl (C=O) groups excluding carboxylic acids is 2. The van der Waals surface area contributed by atoms with Gasteiger partial charge in [-0.05, 0) is 31.2 Å². The molecule has 8 heteroatoms. The Kier molecular flexibility index (Phi) is 5.85. The van der Waals surface area contributed by atoms with Crippen molar-refractivity contribution in [3.63, 3.8) is 0 Å². The standard InChI is InChI=1S/C19H22FN5O2/c1-14(18(26)23-16-7-3-2-6-15(16)20)22-19(27)25-12-10-24(11-13-25)17-8-4-5-9-21-17/h2-9,14H,10-13H2,1H3,(H,22,27)(H,23,26). The Hall–Kier alpha value is -3.16. The minimum atomic E-state index is -0.786. The third-order valence-electron chi connectivity index (χ3n) is 4.41. The number of nitrogens with one attached hydrogen (secondary N) is 2. The largest absolute Gasteiger partial charge is 0.353 e. The molecule has 0 radical (unpaired) electrons. The second-order valence-corrected chi connectivity index (χ2v) is 6.30. The van der Waals surface area contributed by atoms with Crippen LogP contribution in [-0.2, 0) is 4.79 Å². The topological polar surface area (TPSA) is 77.6 Å². The van der Waals surface area contributed by atoms with Crippen molar-refractivity contribution >= 4 is 23.4 Å². The molecule has 1 unspecified atom stereocenters. The van der Waals surface area contributed by atoms with Gasteiger partial charge in [-0.2, -0.15) is 0 Å². The van der Waals surface area contributed by atoms with E-state index in [-0.39, 0.29) is 11.7 Å². The Morgan fingerprint density at radius 2 is 1.78 bits per heavy atom. The molecule has 0 aliphatic carbocycles. The van der Waals surface area contributed by atoms with Crippen LogP contribution in [0.15, 0.2) is 48.7 Å². The Bertz CT molecular complexity index is 794. The molecular formula is C19H22FN5O2. The van der Waals surface area contributed by atoms with Gasteiger partial charge in [0.05, 0.1) is 5.69 Å². The second kappa shape index (κ2) is 8.48. The Balaban J connectivity index is 1.49. The zero-order chi connectivity index (χ0) is 19.2. The molecule has 27 heavy (non-hydrogen) atoms. The zero-order valence-electron chi connectivity index (χ0n) is 15.1. The number of carbonyl (C=O) groups is 2. The fourth-order valence-corrected chi connectivity index (χ4v) is 2.83. The first-order chi connectivity index (χ1) is 13.0. The van der Waals surface area contributed by atoms with Crippen molar-refractivity contribution < 1.29 is 14.0 Å². The summed E-state index contributed by atoms with van der Waals surface area (Å²) < 4.78 is 13.6. The molecule has 0 spiro atoms. The number of nitrogens with zero attached hydrogens (tertiary/aromatic N) is 3. The van der Waals surface area contributed by atoms with Crippen molar-refractivity contribution in [2.75, 3.05) is 36.4 Å². The highest BCUT2D eigenvalue weighted by Gasteiger charge is 2.24. The third kappa shape index (κ3) is 4.72. The SMILES string of the molecule is CC(NC(=O)N1CCN(c2ccccn2)CC1)C(=O)Nc1ccccc1F. The molecule has 142 valence electrons. The number of benzene rings is 1. The number of urea groups is 1. The Morgan fingerprint density at radius 1 is 1.07 bits per heavy atom. The molecule has 1 aliphatic rings. The van der Waals surface area contributed by atoms with E-state index in [0.717, 1.165) is 5.82 Å². The van der Waals surface area contributed by atoms with Gasteiger partial charge in [-0.25, -0.2) is 14.2 Å². The van der Waals surface area contributed by atoms with Gasteiger partial charge in [0.2, 0.25) is 5.91 Å². The fraction of sp³-hybridized carbons (Fsp3) is 0.316. The first-order valence-electron chi connectivity index (χ1n) is 8.81. The predicted molar refractivity (Wildman–Crippen MR) is 101 cm³/mol. The lowest BCUT2D eigenvalue weighted by molar-refractivity contribution is -0.117. The summed E-state index contributed by atoms with van der Waals surface area (Å²) in [5.41, 5.74) is 0.0903. The summed E-state index contributed by atoms with van der Waals surface area (Å²) in [4.78, 5) is 32.7. The second-order valence-electron chi connectivity index (χ2n) is 6.30. The van der Waals surface area contributed by atoms with Crippen molar-refractivity contribution in [1.29, 1.82) is 0 Å². The average molecular weight is 371 g/mol. The molecule has 2 N–H and O–H groups in total. The average Bonchev–Trinajstić information content (AvgIpc) is 2.70. The smallest absolute Gasteiger partial charge is 0.318 e. The maximum absolute atomic E-state index is 13.6. The number of anilines is 2. The van der Waals surface area contributed by atoms with E-state index in [4.69, 9.17) is 0 Å². The maximum Gasteiger partial charge on any atom is 0.318 e. The van der Waals surface area contributed by atoms with Gasteiger partial charge in [0.25, 0.3) is 0 Å². The van der Waals surface area contributed by atoms with Crippen LogP contribution in [0.4, 0.5) is 20.7 Å². The zero-order valence-corrected chi connectivity index (χ0v) is 15.1. The highest BCUT2D eigenvalue weighted by Crippen LogP contribution is 2.14. The number of amides is 3. The van der Waals surface area contributed by atoms with Crippen molar-refractivity contribution in [2.24, 2.45) is 0 Å². The van der Waals surface area contributed by atoms with Gasteiger partial charge >= 0.3 is 6.03 Å². The summed E-state index contributed by atoms with van der Waals surface area (Å²) in [6.07, 6.45) is 1.74. The first kappa shape index (κ1) is 18.6. The van der Waals surface area contributed by atoms with Gasteiger partial charge in [0, 0.05) is 32.4 Å². The molecule has 3 rings (SSSR count). The van der Waals surface area contributed by atoms with Gasteiger partial charge in [0.1, 0.15) is 17.7 Å². The number of aromatic nitrogens is 1. The van der Waals surface area contributed by atoms with Gasteiger partial charge in [-0.15, -0.1) is 0 Å². The van der Waals surface area contributed by atoms with E-state index in [1.807, 2.05) is 18.2 Å². The fourth-order valence-electron chi connectivity index (χ4n) is 2.83. The number of pyridine rings is 1. The summed E-state index contributed by atoms with van der Waals surface area (Å²) in [5, 5.41) is 5.15. The minimum Gasteiger partial charge on any atom is -0.353 e. The summed E-state index contributed by atoms with van der Waals surface area (Å²) in [5.74, 6) is -0.106. The molecule has 2 aromatic rings. The lowest BCUT2D eigenvalue weighted by Gasteiger charge is -2.35. The van der Waals surface area contributed by atoms with E-state index in [9.17, 15) is 14.0 Å². The molecule has 7 nitrogen and oxygen atoms in total. The number of piperazine rings is 1. The summed E-state index contributed by atoms with van der Waals surface area (Å²) in [6, 6.07) is 10.5. The van der Waals surface area contributed by atoms with E-state index >= 15 is 0 Å². The molecule has 0 saturated carbocycles. The molecule has 3 amide bonds. The van der Waals surface area contributed by atoms with E-state index in [1.54, 1.807) is 30.2 Å². The molecule has 2 heterocycles. The van der Waals surface area contributed by atoms with Crippen molar-refractivity contribution in [1.82, 2.24) is 15.2 Å². The van der Waals surface area contributed by atoms with Gasteiger partial charge < -0.3 is 20.4 Å². The first-order valence-corrected chi connectivity index (χ1v) is 8.81. The number of rotatable bonds is 4. The van der Waals surface area contributed by atoms with Gasteiger partial charge in [-0.3, -0.25) is 4.79 Å². The highest BCUT2D eigenvalue weighted by atomic mass is 19.1. The Labute approximate surface area is 157 Å². The summed E-state index contributed by atoms with van der Waals surface area (Å²) in [6.45, 7) is 3.97. The number of hydrogen-bond donors (Lipinski definition) is 2. The van der Waals surface area contributed by atoms with E-state index in [0.29, 0.717) is 26.2 Å². The van der Waals surface area contributed by atoms with Crippen molar-refractivity contribution in [2.45, 2.75) is 13.0 Å². The quantitative estimate of drug-likeness (QED) is 0.863. The maximum atomic E-state index is 13.6. The summed E-state index contributed by atoms with van der Waals surface area (Å²) in [7, 11) is 0. The van der Waals surface area contributed by atoms with Crippen LogP contribution < -0.4 is 15.5 Å². The molecule has 0 bridgehead atoms. The summed E-state index contributed by atoms with van der Waals surface area (Å²) >= 11 is 0. The molecule has 1 aromatic carbocycles. The minimum absolute atomic E-state index is 0.0903. The lowest BCUT2D eigenvalue weighted by atomic mass is 10.2. The highest BCUT2D eigenvalue weighted by molar-refractivity contribution is 5.96. The third-order valence-corrected chi connectivity index (χ3v) is 4.41. The van der Waals surface area contributed by atoms with Crippen LogP contribution in [0.5, 0.6) is 0 Å². The molecule has 1 aliphatic heterocycles. The van der Waals surface area contributed by atoms with Crippen LogP contribution in [0.1, 0.15) is 6.92 Å².